The number of aliphatic hydroxyl groups is 1. The first-order valence-corrected chi connectivity index (χ1v) is 5.73. The Labute approximate surface area is 99.4 Å². The van der Waals surface area contributed by atoms with Gasteiger partial charge in [0.05, 0.1) is 0 Å². The summed E-state index contributed by atoms with van der Waals surface area (Å²) in [6.07, 6.45) is 0.522. The van der Waals surface area contributed by atoms with Crippen LogP contribution < -0.4 is 5.73 Å². The van der Waals surface area contributed by atoms with Gasteiger partial charge in [-0.1, -0.05) is 12.1 Å². The molecule has 0 radical (unpaired) electrons. The van der Waals surface area contributed by atoms with Crippen molar-refractivity contribution in [3.05, 3.63) is 35.1 Å². The second kappa shape index (κ2) is 4.20. The molecule has 0 amide bonds. The number of carbonyl (C=O) groups is 1. The van der Waals surface area contributed by atoms with Crippen LogP contribution in [0.5, 0.6) is 0 Å². The Morgan fingerprint density at radius 1 is 1.53 bits per heavy atom. The predicted molar refractivity (Wildman–Crippen MR) is 61.9 cm³/mol. The molecule has 1 aromatic carbocycles. The Hall–Kier alpha value is -1.26. The number of hydrogen-bond donors (Lipinski definition) is 2. The molecule has 1 saturated carbocycles. The molecule has 2 unspecified atom stereocenters. The highest BCUT2D eigenvalue weighted by Gasteiger charge is 2.42. The summed E-state index contributed by atoms with van der Waals surface area (Å²) in [6, 6.07) is 4.56. The Kier molecular flexibility index (Phi) is 3.02. The highest BCUT2D eigenvalue weighted by atomic mass is 19.1. The zero-order chi connectivity index (χ0) is 12.6. The second-order valence-electron chi connectivity index (χ2n) is 4.71. The molecule has 1 aromatic rings. The SMILES string of the molecule is Cc1ccc(C2(N)CCCC(O)C2=O)cc1F. The molecular weight excluding hydrogens is 221 g/mol. The third-order valence-electron chi connectivity index (χ3n) is 3.48. The van der Waals surface area contributed by atoms with Gasteiger partial charge in [0.25, 0.3) is 0 Å². The second-order valence-corrected chi connectivity index (χ2v) is 4.71. The van der Waals surface area contributed by atoms with Crippen molar-refractivity contribution in [1.82, 2.24) is 0 Å². The number of carbonyl (C=O) groups excluding carboxylic acids is 1. The number of nitrogens with two attached hydrogens (primary N) is 1. The average molecular weight is 237 g/mol. The molecule has 0 aliphatic heterocycles. The molecule has 1 aliphatic rings. The maximum atomic E-state index is 13.5. The highest BCUT2D eigenvalue weighted by Crippen LogP contribution is 2.32. The van der Waals surface area contributed by atoms with E-state index < -0.39 is 17.4 Å². The Balaban J connectivity index is 2.43. The molecule has 0 aromatic heterocycles. The van der Waals surface area contributed by atoms with Crippen LogP contribution in [0.25, 0.3) is 0 Å². The summed E-state index contributed by atoms with van der Waals surface area (Å²) < 4.78 is 13.5. The summed E-state index contributed by atoms with van der Waals surface area (Å²) in [5.41, 5.74) is 5.78. The summed E-state index contributed by atoms with van der Waals surface area (Å²) in [7, 11) is 0. The Morgan fingerprint density at radius 2 is 2.24 bits per heavy atom. The number of ketones is 1. The first kappa shape index (κ1) is 12.2. The minimum Gasteiger partial charge on any atom is -0.385 e. The number of aryl methyl sites for hydroxylation is 1. The van der Waals surface area contributed by atoms with Gasteiger partial charge in [-0.2, -0.15) is 0 Å². The Morgan fingerprint density at radius 3 is 2.88 bits per heavy atom. The summed E-state index contributed by atoms with van der Waals surface area (Å²) >= 11 is 0. The van der Waals surface area contributed by atoms with Crippen LogP contribution in [-0.4, -0.2) is 17.0 Å². The van der Waals surface area contributed by atoms with Crippen LogP contribution in [0.3, 0.4) is 0 Å². The van der Waals surface area contributed by atoms with Crippen molar-refractivity contribution in [2.24, 2.45) is 5.73 Å². The van der Waals surface area contributed by atoms with E-state index in [2.05, 4.69) is 0 Å². The fraction of sp³-hybridized carbons (Fsp3) is 0.462. The molecule has 4 heteroatoms. The van der Waals surface area contributed by atoms with Crippen molar-refractivity contribution >= 4 is 5.78 Å². The molecule has 17 heavy (non-hydrogen) atoms. The maximum Gasteiger partial charge on any atom is 0.185 e. The fourth-order valence-electron chi connectivity index (χ4n) is 2.28. The standard InChI is InChI=1S/C13H16FNO2/c1-8-4-5-9(7-10(8)14)13(15)6-2-3-11(16)12(13)17/h4-5,7,11,16H,2-3,6,15H2,1H3. The monoisotopic (exact) mass is 237 g/mol. The van der Waals surface area contributed by atoms with Gasteiger partial charge in [0.2, 0.25) is 0 Å². The van der Waals surface area contributed by atoms with E-state index in [-0.39, 0.29) is 5.82 Å². The van der Waals surface area contributed by atoms with E-state index in [0.29, 0.717) is 30.4 Å². The number of hydrogen-bond acceptors (Lipinski definition) is 3. The summed E-state index contributed by atoms with van der Waals surface area (Å²) in [6.45, 7) is 1.65. The molecule has 3 N–H and O–H groups in total. The van der Waals surface area contributed by atoms with Gasteiger partial charge in [-0.05, 0) is 43.4 Å². The van der Waals surface area contributed by atoms with Gasteiger partial charge in [0.1, 0.15) is 17.5 Å². The predicted octanol–water partition coefficient (Wildman–Crippen LogP) is 1.40. The molecule has 92 valence electrons. The molecule has 3 nitrogen and oxygen atoms in total. The minimum atomic E-state index is -1.24. The van der Waals surface area contributed by atoms with Crippen LogP contribution in [0.15, 0.2) is 18.2 Å². The van der Waals surface area contributed by atoms with E-state index in [0.717, 1.165) is 0 Å². The van der Waals surface area contributed by atoms with Gasteiger partial charge < -0.3 is 10.8 Å². The number of halogens is 1. The van der Waals surface area contributed by atoms with Crippen molar-refractivity contribution < 1.29 is 14.3 Å². The first-order chi connectivity index (χ1) is 7.95. The lowest BCUT2D eigenvalue weighted by Gasteiger charge is -2.34. The molecule has 0 bridgehead atoms. The summed E-state index contributed by atoms with van der Waals surface area (Å²) in [4.78, 5) is 11.9. The third kappa shape index (κ3) is 1.98. The lowest BCUT2D eigenvalue weighted by atomic mass is 9.75. The lowest BCUT2D eigenvalue weighted by molar-refractivity contribution is -0.136. The molecule has 0 saturated heterocycles. The van der Waals surface area contributed by atoms with Gasteiger partial charge in [-0.15, -0.1) is 0 Å². The highest BCUT2D eigenvalue weighted by molar-refractivity contribution is 5.93. The minimum absolute atomic E-state index is 0.375. The molecule has 2 rings (SSSR count). The quantitative estimate of drug-likeness (QED) is 0.776. The van der Waals surface area contributed by atoms with Gasteiger partial charge in [-0.25, -0.2) is 4.39 Å². The molecule has 1 fully saturated rings. The topological polar surface area (TPSA) is 63.3 Å². The van der Waals surface area contributed by atoms with Crippen molar-refractivity contribution in [3.63, 3.8) is 0 Å². The van der Waals surface area contributed by atoms with Crippen LogP contribution >= 0.6 is 0 Å². The molecule has 2 atom stereocenters. The average Bonchev–Trinajstić information content (AvgIpc) is 2.29. The number of rotatable bonds is 1. The van der Waals surface area contributed by atoms with Crippen molar-refractivity contribution in [2.75, 3.05) is 0 Å². The number of aliphatic hydroxyl groups excluding tert-OH is 1. The first-order valence-electron chi connectivity index (χ1n) is 5.73. The van der Waals surface area contributed by atoms with Crippen LogP contribution in [0.4, 0.5) is 4.39 Å². The van der Waals surface area contributed by atoms with Gasteiger partial charge >= 0.3 is 0 Å². The van der Waals surface area contributed by atoms with Crippen molar-refractivity contribution in [2.45, 2.75) is 37.8 Å². The zero-order valence-corrected chi connectivity index (χ0v) is 9.74. The third-order valence-corrected chi connectivity index (χ3v) is 3.48. The normalized spacial score (nSPS) is 29.4. The van der Waals surface area contributed by atoms with E-state index in [1.807, 2.05) is 0 Å². The van der Waals surface area contributed by atoms with E-state index >= 15 is 0 Å². The lowest BCUT2D eigenvalue weighted by Crippen LogP contribution is -2.52. The summed E-state index contributed by atoms with van der Waals surface area (Å²) in [5.74, 6) is -0.785. The molecular formula is C13H16FNO2. The fourth-order valence-corrected chi connectivity index (χ4v) is 2.28. The number of Topliss-reactive ketones (excluding diaryl/α,β-unsaturated/α-hetero) is 1. The maximum absolute atomic E-state index is 13.5. The van der Waals surface area contributed by atoms with Crippen LogP contribution in [-0.2, 0) is 10.3 Å². The van der Waals surface area contributed by atoms with Gasteiger partial charge in [-0.3, -0.25) is 4.79 Å². The van der Waals surface area contributed by atoms with Crippen molar-refractivity contribution in [1.29, 1.82) is 0 Å². The van der Waals surface area contributed by atoms with E-state index in [9.17, 15) is 14.3 Å². The van der Waals surface area contributed by atoms with Crippen LogP contribution in [0, 0.1) is 12.7 Å². The smallest absolute Gasteiger partial charge is 0.185 e. The van der Waals surface area contributed by atoms with Crippen LogP contribution in [0.1, 0.15) is 30.4 Å². The molecule has 0 heterocycles. The van der Waals surface area contributed by atoms with Gasteiger partial charge in [0.15, 0.2) is 5.78 Å². The van der Waals surface area contributed by atoms with E-state index in [1.54, 1.807) is 19.1 Å². The van der Waals surface area contributed by atoms with E-state index in [1.165, 1.54) is 6.07 Å². The summed E-state index contributed by atoms with van der Waals surface area (Å²) in [5, 5.41) is 9.58. The van der Waals surface area contributed by atoms with Gasteiger partial charge in [0, 0.05) is 0 Å². The number of benzene rings is 1. The molecule has 0 spiro atoms. The Bertz CT molecular complexity index is 461. The largest absolute Gasteiger partial charge is 0.385 e. The zero-order valence-electron chi connectivity index (χ0n) is 9.74. The molecule has 1 aliphatic carbocycles. The van der Waals surface area contributed by atoms with Crippen LogP contribution in [0.2, 0.25) is 0 Å². The van der Waals surface area contributed by atoms with Crippen molar-refractivity contribution in [3.8, 4) is 0 Å². The van der Waals surface area contributed by atoms with E-state index in [4.69, 9.17) is 5.73 Å².